The van der Waals surface area contributed by atoms with Crippen molar-refractivity contribution in [3.05, 3.63) is 118 Å². The van der Waals surface area contributed by atoms with E-state index < -0.39 is 10.2 Å². The Morgan fingerprint density at radius 3 is 1.81 bits per heavy atom. The first kappa shape index (κ1) is 31.7. The second-order valence-corrected chi connectivity index (χ2v) is 11.1. The molecule has 1 amide bonds. The average molecular weight is 608 g/mol. The minimum atomic E-state index is -4.69. The zero-order valence-corrected chi connectivity index (χ0v) is 25.5. The van der Waals surface area contributed by atoms with Crippen LogP contribution in [-0.4, -0.2) is 52.1 Å². The molecule has 1 saturated heterocycles. The molecule has 1 aromatic heterocycles. The zero-order chi connectivity index (χ0) is 31.6. The van der Waals surface area contributed by atoms with E-state index in [1.807, 2.05) is 142 Å². The molecule has 1 N–H and O–H groups in total. The van der Waals surface area contributed by atoms with E-state index in [0.29, 0.717) is 16.7 Å². The summed E-state index contributed by atoms with van der Waals surface area (Å²) >= 11 is 0. The smallest absolute Gasteiger partial charge is 0.279 e. The molecule has 1 unspecified atom stereocenters. The summed E-state index contributed by atoms with van der Waals surface area (Å²) in [6.45, 7) is 3.95. The second kappa shape index (κ2) is 12.6. The summed E-state index contributed by atoms with van der Waals surface area (Å²) in [5, 5.41) is 3.64. The normalized spacial score (nSPS) is 16.7. The van der Waals surface area contributed by atoms with Crippen LogP contribution in [0.3, 0.4) is 0 Å². The molecule has 11 nitrogen and oxygen atoms in total. The van der Waals surface area contributed by atoms with Crippen molar-refractivity contribution in [1.29, 1.82) is 0 Å². The molecule has 2 heterocycles. The highest BCUT2D eigenvalue weighted by Gasteiger charge is 2.42. The van der Waals surface area contributed by atoms with Crippen molar-refractivity contribution in [1.82, 2.24) is 14.4 Å². The maximum Gasteiger partial charge on any atom is 0.279 e. The van der Waals surface area contributed by atoms with Gasteiger partial charge in [-0.25, -0.2) is 14.7 Å². The van der Waals surface area contributed by atoms with E-state index >= 15 is 0 Å². The number of rotatable bonds is 5. The van der Waals surface area contributed by atoms with Gasteiger partial charge in [0.2, 0.25) is 0 Å². The molecule has 1 fully saturated rings. The van der Waals surface area contributed by atoms with Crippen molar-refractivity contribution in [2.24, 2.45) is 7.05 Å². The molecule has 0 bridgehead atoms. The number of hydrogen-bond acceptors (Lipinski definition) is 8. The van der Waals surface area contributed by atoms with Gasteiger partial charge in [0, 0.05) is 50.7 Å². The molecule has 43 heavy (non-hydrogen) atoms. The third kappa shape index (κ3) is 6.57. The van der Waals surface area contributed by atoms with E-state index in [1.165, 1.54) is 0 Å². The average Bonchev–Trinajstić information content (AvgIpc) is 3.31. The number of benzene rings is 3. The van der Waals surface area contributed by atoms with E-state index in [9.17, 15) is 9.59 Å². The fourth-order valence-electron chi connectivity index (χ4n) is 5.20. The van der Waals surface area contributed by atoms with E-state index in [0.717, 1.165) is 28.3 Å². The van der Waals surface area contributed by atoms with Crippen molar-refractivity contribution >= 4 is 22.9 Å². The maximum atomic E-state index is 14.2. The Hall–Kier alpha value is -4.23. The van der Waals surface area contributed by atoms with E-state index in [1.54, 1.807) is 9.69 Å². The zero-order valence-electron chi connectivity index (χ0n) is 24.8. The van der Waals surface area contributed by atoms with Gasteiger partial charge in [0.25, 0.3) is 11.5 Å². The van der Waals surface area contributed by atoms with Gasteiger partial charge in [0.1, 0.15) is 0 Å². The lowest BCUT2D eigenvalue weighted by atomic mass is 9.90. The molecule has 1 aliphatic rings. The first-order chi connectivity index (χ1) is 20.2. The van der Waals surface area contributed by atoms with Gasteiger partial charge in [0.15, 0.2) is 0 Å². The number of nitrogens with zero attached hydrogens (tertiary/aromatic N) is 5. The lowest BCUT2D eigenvalue weighted by Crippen LogP contribution is -2.58. The molecule has 12 heteroatoms. The Balaban J connectivity index is 0.000000782. The predicted molar refractivity (Wildman–Crippen MR) is 156 cm³/mol. The summed E-state index contributed by atoms with van der Waals surface area (Å²) in [5.41, 5.74) is 5.87. The van der Waals surface area contributed by atoms with Gasteiger partial charge < -0.3 is 4.90 Å². The lowest BCUT2D eigenvalue weighted by Gasteiger charge is -2.25. The number of likely N-dealkylation sites (N-methyl/N-ethyl adjacent to an activating group) is 1. The molecule has 0 saturated carbocycles. The summed E-state index contributed by atoms with van der Waals surface area (Å²) < 4.78 is 36.3. The molecule has 5 rings (SSSR count). The van der Waals surface area contributed by atoms with Gasteiger partial charge in [-0.2, -0.15) is 14.0 Å². The van der Waals surface area contributed by atoms with Gasteiger partial charge >= 0.3 is 0 Å². The topological polar surface area (TPSA) is 143 Å². The molecule has 1 aliphatic heterocycles. The number of anilines is 2. The first-order valence-corrected chi connectivity index (χ1v) is 14.6. The van der Waals surface area contributed by atoms with Crippen molar-refractivity contribution in [2.45, 2.75) is 19.9 Å². The number of carbonyl (C=O) groups is 1. The molecule has 226 valence electrons. The van der Waals surface area contributed by atoms with Crippen molar-refractivity contribution in [3.63, 3.8) is 0 Å². The lowest BCUT2D eigenvalue weighted by molar-refractivity contribution is -1.92. The van der Waals surface area contributed by atoms with E-state index in [4.69, 9.17) is 18.6 Å². The van der Waals surface area contributed by atoms with Crippen molar-refractivity contribution < 1.29 is 33.7 Å². The first-order valence-electron chi connectivity index (χ1n) is 13.3. The molecule has 3 aromatic carbocycles. The Morgan fingerprint density at radius 1 is 0.837 bits per heavy atom. The highest BCUT2D eigenvalue weighted by molar-refractivity contribution is 6.15. The quantitative estimate of drug-likeness (QED) is 0.323. The van der Waals surface area contributed by atoms with Crippen LogP contribution in [0, 0.1) is 17.2 Å². The van der Waals surface area contributed by atoms with E-state index in [2.05, 4.69) is 0 Å². The fraction of sp³-hybridized carbons (Fsp3) is 0.226. The van der Waals surface area contributed by atoms with Crippen molar-refractivity contribution in [2.75, 3.05) is 31.1 Å². The molecule has 4 aromatic rings. The van der Waals surface area contributed by atoms with Crippen LogP contribution in [0.4, 0.5) is 11.4 Å². The highest BCUT2D eigenvalue weighted by atomic mass is 35.7. The van der Waals surface area contributed by atoms with Crippen LogP contribution in [0.2, 0.25) is 0 Å². The van der Waals surface area contributed by atoms with Gasteiger partial charge in [-0.05, 0) is 55.8 Å². The number of hydrazine groups is 1. The largest absolute Gasteiger partial charge is 0.378 e. The summed E-state index contributed by atoms with van der Waals surface area (Å²) in [7, 11) is 3.08. The van der Waals surface area contributed by atoms with E-state index in [-0.39, 0.29) is 17.5 Å². The SMILES string of the molecule is Cc1c(C(=C2C(=O)N(c3ccccc3)N(C)C2C)c2ccc(N(C)C)cc2)c(=O)n(-c2ccccc2)n1C.[O-][Cl+3]([O-])([O-])O. The van der Waals surface area contributed by atoms with Crippen LogP contribution in [-0.2, 0) is 11.8 Å². The molecule has 0 radical (unpaired) electrons. The molecule has 0 spiro atoms. The minimum Gasteiger partial charge on any atom is -0.378 e. The fourth-order valence-corrected chi connectivity index (χ4v) is 5.20. The number of carbonyl (C=O) groups excluding carboxylic acids is 1. The van der Waals surface area contributed by atoms with Gasteiger partial charge in [-0.3, -0.25) is 14.3 Å². The number of hydrogen-bond donors (Lipinski definition) is 1. The number of amides is 1. The van der Waals surface area contributed by atoms with Crippen LogP contribution in [0.25, 0.3) is 11.3 Å². The van der Waals surface area contributed by atoms with Crippen LogP contribution in [0.1, 0.15) is 23.7 Å². The Morgan fingerprint density at radius 2 is 1.33 bits per heavy atom. The molecule has 1 atom stereocenters. The summed E-state index contributed by atoms with van der Waals surface area (Å²) in [5.74, 6) is -0.133. The van der Waals surface area contributed by atoms with Crippen LogP contribution < -0.4 is 29.4 Å². The predicted octanol–water partition coefficient (Wildman–Crippen LogP) is 0.510. The molecule has 0 aliphatic carbocycles. The van der Waals surface area contributed by atoms with Crippen LogP contribution in [0.15, 0.2) is 95.3 Å². The summed E-state index contributed by atoms with van der Waals surface area (Å²) in [6, 6.07) is 27.0. The minimum absolute atomic E-state index is 0.133. The summed E-state index contributed by atoms with van der Waals surface area (Å²) in [6.07, 6.45) is 0. The standard InChI is InChI=1S/C31H33N5O2.ClHO4/c1-21-27(30(37)35(33(21)5)25-13-9-7-10-14-25)29(23-17-19-24(20-18-23)32(3)4)28-22(2)34(6)36(31(28)38)26-15-11-8-12-16-26;2-1(3,4)5/h7-21H,1-6H3;(H,2,3,4,5). The van der Waals surface area contributed by atoms with Crippen LogP contribution >= 0.6 is 0 Å². The molecular weight excluding hydrogens is 574 g/mol. The van der Waals surface area contributed by atoms with Crippen LogP contribution in [0.5, 0.6) is 0 Å². The number of aromatic nitrogens is 2. The van der Waals surface area contributed by atoms with Gasteiger partial charge in [-0.15, -0.1) is 0 Å². The second-order valence-electron chi connectivity index (χ2n) is 10.3. The monoisotopic (exact) mass is 607 g/mol. The Labute approximate surface area is 252 Å². The Kier molecular flexibility index (Phi) is 9.26. The molecular formula is C31H34ClN5O6. The Bertz CT molecular complexity index is 1670. The van der Waals surface area contributed by atoms with Crippen molar-refractivity contribution in [3.8, 4) is 5.69 Å². The maximum absolute atomic E-state index is 14.2. The number of halogens is 1. The summed E-state index contributed by atoms with van der Waals surface area (Å²) in [4.78, 5) is 30.4. The highest BCUT2D eigenvalue weighted by Crippen LogP contribution is 2.38. The van der Waals surface area contributed by atoms with Gasteiger partial charge in [0.05, 0.1) is 37.9 Å². The third-order valence-corrected chi connectivity index (χ3v) is 7.46. The number of para-hydroxylation sites is 2. The third-order valence-electron chi connectivity index (χ3n) is 7.46. The van der Waals surface area contributed by atoms with Gasteiger partial charge in [-0.1, -0.05) is 48.5 Å².